The van der Waals surface area contributed by atoms with Crippen molar-refractivity contribution in [3.8, 4) is 0 Å². The van der Waals surface area contributed by atoms with Crippen LogP contribution < -0.4 is 9.62 Å². The van der Waals surface area contributed by atoms with E-state index in [1.54, 1.807) is 24.3 Å². The predicted octanol–water partition coefficient (Wildman–Crippen LogP) is 2.56. The predicted molar refractivity (Wildman–Crippen MR) is 89.0 cm³/mol. The van der Waals surface area contributed by atoms with Gasteiger partial charge in [-0.15, -0.1) is 0 Å². The number of hydrogen-bond acceptors (Lipinski definition) is 6. The lowest BCUT2D eigenvalue weighted by Gasteiger charge is -2.13. The third kappa shape index (κ3) is 2.75. The molecule has 0 bridgehead atoms. The number of benzene rings is 2. The normalized spacial score (nSPS) is 11.5. The molecule has 0 saturated heterocycles. The summed E-state index contributed by atoms with van der Waals surface area (Å²) in [6.07, 6.45) is 0. The summed E-state index contributed by atoms with van der Waals surface area (Å²) in [4.78, 5) is 2.08. The van der Waals surface area contributed by atoms with E-state index < -0.39 is 10.0 Å². The molecule has 2 aromatic carbocycles. The minimum atomic E-state index is -3.70. The van der Waals surface area contributed by atoms with Crippen molar-refractivity contribution >= 4 is 44.2 Å². The minimum Gasteiger partial charge on any atom is -0.378 e. The van der Waals surface area contributed by atoms with Crippen molar-refractivity contribution in [3.63, 3.8) is 0 Å². The molecule has 0 aliphatic heterocycles. The molecule has 0 atom stereocenters. The van der Waals surface area contributed by atoms with E-state index in [2.05, 4.69) is 13.5 Å². The van der Waals surface area contributed by atoms with E-state index >= 15 is 0 Å². The molecule has 22 heavy (non-hydrogen) atoms. The summed E-state index contributed by atoms with van der Waals surface area (Å²) < 4.78 is 35.8. The number of fused-ring (bicyclic) bond motifs is 1. The van der Waals surface area contributed by atoms with Gasteiger partial charge in [0.1, 0.15) is 15.9 Å². The van der Waals surface area contributed by atoms with Gasteiger partial charge in [0, 0.05) is 25.5 Å². The first kappa shape index (κ1) is 14.7. The highest BCUT2D eigenvalue weighted by Gasteiger charge is 2.19. The molecule has 1 aromatic heterocycles. The standard InChI is InChI=1S/C14H14N4O2S2/c1-18(2)11-8-6-10(7-9-11)17-22(19,20)13-5-3-4-12-14(13)16-21-15-12/h3-9,17H,1-2H3. The highest BCUT2D eigenvalue weighted by atomic mass is 32.2. The molecule has 6 nitrogen and oxygen atoms in total. The van der Waals surface area contributed by atoms with Crippen LogP contribution in [0.15, 0.2) is 47.4 Å². The molecule has 0 fully saturated rings. The number of aromatic nitrogens is 2. The van der Waals surface area contributed by atoms with Gasteiger partial charge in [-0.1, -0.05) is 6.07 Å². The van der Waals surface area contributed by atoms with Crippen molar-refractivity contribution in [2.45, 2.75) is 4.90 Å². The van der Waals surface area contributed by atoms with Gasteiger partial charge in [0.05, 0.1) is 11.7 Å². The summed E-state index contributed by atoms with van der Waals surface area (Å²) in [6.45, 7) is 0. The Labute approximate surface area is 132 Å². The highest BCUT2D eigenvalue weighted by Crippen LogP contribution is 2.24. The van der Waals surface area contributed by atoms with Crippen LogP contribution >= 0.6 is 11.7 Å². The van der Waals surface area contributed by atoms with Crippen LogP contribution in [-0.4, -0.2) is 31.3 Å². The number of hydrogen-bond donors (Lipinski definition) is 1. The number of nitrogens with one attached hydrogen (secondary N) is 1. The van der Waals surface area contributed by atoms with Gasteiger partial charge in [-0.3, -0.25) is 4.72 Å². The largest absolute Gasteiger partial charge is 0.378 e. The van der Waals surface area contributed by atoms with Crippen LogP contribution in [0.5, 0.6) is 0 Å². The molecular formula is C14H14N4O2S2. The summed E-state index contributed by atoms with van der Waals surface area (Å²) in [5.41, 5.74) is 2.47. The zero-order chi connectivity index (χ0) is 15.7. The van der Waals surface area contributed by atoms with Gasteiger partial charge in [-0.05, 0) is 36.4 Å². The summed E-state index contributed by atoms with van der Waals surface area (Å²) in [5.74, 6) is 0. The molecule has 0 saturated carbocycles. The van der Waals surface area contributed by atoms with Gasteiger partial charge in [0.2, 0.25) is 0 Å². The van der Waals surface area contributed by atoms with Crippen molar-refractivity contribution in [1.82, 2.24) is 8.75 Å². The van der Waals surface area contributed by atoms with Crippen LogP contribution in [0, 0.1) is 0 Å². The van der Waals surface area contributed by atoms with Gasteiger partial charge < -0.3 is 4.90 Å². The number of anilines is 2. The highest BCUT2D eigenvalue weighted by molar-refractivity contribution is 7.93. The molecule has 0 unspecified atom stereocenters. The maximum Gasteiger partial charge on any atom is 0.264 e. The quantitative estimate of drug-likeness (QED) is 0.793. The molecule has 0 spiro atoms. The van der Waals surface area contributed by atoms with E-state index in [0.717, 1.165) is 17.4 Å². The maximum absolute atomic E-state index is 12.5. The SMILES string of the molecule is CN(C)c1ccc(NS(=O)(=O)c2cccc3nsnc23)cc1. The average Bonchev–Trinajstić information content (AvgIpc) is 2.95. The topological polar surface area (TPSA) is 75.2 Å². The van der Waals surface area contributed by atoms with E-state index in [4.69, 9.17) is 0 Å². The molecule has 3 rings (SSSR count). The average molecular weight is 334 g/mol. The van der Waals surface area contributed by atoms with Crippen molar-refractivity contribution in [2.24, 2.45) is 0 Å². The Balaban J connectivity index is 1.95. The molecule has 0 amide bonds. The number of nitrogens with zero attached hydrogens (tertiary/aromatic N) is 3. The molecule has 114 valence electrons. The van der Waals surface area contributed by atoms with Gasteiger partial charge in [-0.25, -0.2) is 8.42 Å². The van der Waals surface area contributed by atoms with Gasteiger partial charge in [0.25, 0.3) is 10.0 Å². The summed E-state index contributed by atoms with van der Waals surface area (Å²) in [5, 5.41) is 0. The Bertz CT molecular complexity index is 902. The van der Waals surface area contributed by atoms with Crippen LogP contribution in [0.4, 0.5) is 11.4 Å². The molecule has 0 aliphatic carbocycles. The third-order valence-corrected chi connectivity index (χ3v) is 5.13. The molecule has 0 aliphatic rings. The first-order valence-corrected chi connectivity index (χ1v) is 8.70. The zero-order valence-electron chi connectivity index (χ0n) is 12.0. The zero-order valence-corrected chi connectivity index (χ0v) is 13.6. The second kappa shape index (κ2) is 5.54. The minimum absolute atomic E-state index is 0.135. The number of rotatable bonds is 4. The fraction of sp³-hybridized carbons (Fsp3) is 0.143. The maximum atomic E-state index is 12.5. The van der Waals surface area contributed by atoms with Crippen molar-refractivity contribution in [1.29, 1.82) is 0 Å². The van der Waals surface area contributed by atoms with Crippen molar-refractivity contribution in [3.05, 3.63) is 42.5 Å². The Hall–Kier alpha value is -2.19. The Kier molecular flexibility index (Phi) is 3.71. The van der Waals surface area contributed by atoms with E-state index in [9.17, 15) is 8.42 Å². The van der Waals surface area contributed by atoms with E-state index in [0.29, 0.717) is 16.7 Å². The summed E-state index contributed by atoms with van der Waals surface area (Å²) in [7, 11) is 0.149. The van der Waals surface area contributed by atoms with Crippen molar-refractivity contribution in [2.75, 3.05) is 23.7 Å². The molecule has 1 N–H and O–H groups in total. The Morgan fingerprint density at radius 1 is 1.05 bits per heavy atom. The molecule has 8 heteroatoms. The first-order valence-electron chi connectivity index (χ1n) is 6.49. The van der Waals surface area contributed by atoms with E-state index in [1.807, 2.05) is 31.1 Å². The van der Waals surface area contributed by atoms with Gasteiger partial charge in [0.15, 0.2) is 0 Å². The van der Waals surface area contributed by atoms with E-state index in [-0.39, 0.29) is 4.90 Å². The molecule has 0 radical (unpaired) electrons. The smallest absolute Gasteiger partial charge is 0.264 e. The van der Waals surface area contributed by atoms with Gasteiger partial charge >= 0.3 is 0 Å². The monoisotopic (exact) mass is 334 g/mol. The van der Waals surface area contributed by atoms with Crippen LogP contribution in [0.1, 0.15) is 0 Å². The first-order chi connectivity index (χ1) is 10.5. The molecular weight excluding hydrogens is 320 g/mol. The fourth-order valence-corrected chi connectivity index (χ4v) is 3.86. The van der Waals surface area contributed by atoms with E-state index in [1.165, 1.54) is 6.07 Å². The lowest BCUT2D eigenvalue weighted by atomic mass is 10.3. The van der Waals surface area contributed by atoms with Crippen LogP contribution in [0.3, 0.4) is 0 Å². The van der Waals surface area contributed by atoms with Crippen molar-refractivity contribution < 1.29 is 8.42 Å². The van der Waals surface area contributed by atoms with Crippen LogP contribution in [0.2, 0.25) is 0 Å². The summed E-state index contributed by atoms with van der Waals surface area (Å²) in [6, 6.07) is 12.1. The molecule has 1 heterocycles. The Morgan fingerprint density at radius 3 is 2.45 bits per heavy atom. The fourth-order valence-electron chi connectivity index (χ4n) is 2.04. The number of sulfonamides is 1. The second-order valence-electron chi connectivity index (χ2n) is 4.93. The van der Waals surface area contributed by atoms with Crippen LogP contribution in [0.25, 0.3) is 11.0 Å². The van der Waals surface area contributed by atoms with Gasteiger partial charge in [-0.2, -0.15) is 8.75 Å². The van der Waals surface area contributed by atoms with Crippen LogP contribution in [-0.2, 0) is 10.0 Å². The second-order valence-corrected chi connectivity index (χ2v) is 7.11. The lowest BCUT2D eigenvalue weighted by molar-refractivity contribution is 0.602. The molecule has 3 aromatic rings. The Morgan fingerprint density at radius 2 is 1.77 bits per heavy atom. The third-order valence-electron chi connectivity index (χ3n) is 3.17. The summed E-state index contributed by atoms with van der Waals surface area (Å²) >= 11 is 0.997. The lowest BCUT2D eigenvalue weighted by Crippen LogP contribution is -2.14.